The van der Waals surface area contributed by atoms with Crippen LogP contribution in [0.5, 0.6) is 0 Å². The first-order chi connectivity index (χ1) is 14.7. The van der Waals surface area contributed by atoms with Crippen molar-refractivity contribution in [3.63, 3.8) is 0 Å². The minimum absolute atomic E-state index is 0.0596. The van der Waals surface area contributed by atoms with Crippen LogP contribution in [0, 0.1) is 12.8 Å². The summed E-state index contributed by atoms with van der Waals surface area (Å²) in [4.78, 5) is 27.8. The number of hydrogen-bond donors (Lipinski definition) is 1. The highest BCUT2D eigenvalue weighted by atomic mass is 19.4. The number of carbonyl (C=O) groups is 1. The van der Waals surface area contributed by atoms with Crippen molar-refractivity contribution < 1.29 is 18.0 Å². The van der Waals surface area contributed by atoms with Gasteiger partial charge in [-0.2, -0.15) is 13.2 Å². The van der Waals surface area contributed by atoms with E-state index in [0.717, 1.165) is 41.9 Å². The molecule has 9 heteroatoms. The molecule has 2 aromatic heterocycles. The molecule has 0 spiro atoms. The van der Waals surface area contributed by atoms with Crippen LogP contribution in [0.2, 0.25) is 0 Å². The number of hydrogen-bond acceptors (Lipinski definition) is 5. The van der Waals surface area contributed by atoms with Gasteiger partial charge in [-0.15, -0.1) is 0 Å². The van der Waals surface area contributed by atoms with Crippen LogP contribution in [0.4, 0.5) is 19.0 Å². The second-order valence-corrected chi connectivity index (χ2v) is 8.20. The molecule has 3 unspecified atom stereocenters. The van der Waals surface area contributed by atoms with Gasteiger partial charge in [0.05, 0.1) is 11.6 Å². The van der Waals surface area contributed by atoms with E-state index in [1.807, 2.05) is 24.8 Å². The second kappa shape index (κ2) is 7.94. The number of rotatable bonds is 4. The number of piperidine rings is 1. The van der Waals surface area contributed by atoms with Crippen LogP contribution < -0.4 is 5.32 Å². The van der Waals surface area contributed by atoms with Crippen LogP contribution >= 0.6 is 0 Å². The Morgan fingerprint density at radius 1 is 1.23 bits per heavy atom. The summed E-state index contributed by atoms with van der Waals surface area (Å²) in [5.41, 5.74) is 2.05. The lowest BCUT2D eigenvalue weighted by Crippen LogP contribution is -2.48. The number of halogens is 3. The van der Waals surface area contributed by atoms with Crippen LogP contribution in [-0.2, 0) is 6.18 Å². The molecule has 1 aliphatic carbocycles. The molecular weight excluding hydrogens is 407 g/mol. The maximum absolute atomic E-state index is 13.4. The third-order valence-electron chi connectivity index (χ3n) is 6.23. The number of nitrogens with one attached hydrogen (secondary N) is 1. The molecule has 1 aliphatic heterocycles. The molecule has 0 radical (unpaired) electrons. The summed E-state index contributed by atoms with van der Waals surface area (Å²) < 4.78 is 38.3. The fraction of sp³-hybridized carbons (Fsp3) is 0.455. The third kappa shape index (κ3) is 4.00. The predicted molar refractivity (Wildman–Crippen MR) is 111 cm³/mol. The molecule has 31 heavy (non-hydrogen) atoms. The van der Waals surface area contributed by atoms with Gasteiger partial charge in [-0.1, -0.05) is 0 Å². The van der Waals surface area contributed by atoms with Crippen molar-refractivity contribution in [2.24, 2.45) is 10.9 Å². The zero-order chi connectivity index (χ0) is 22.3. The van der Waals surface area contributed by atoms with Crippen LogP contribution in [-0.4, -0.2) is 52.2 Å². The number of pyridine rings is 2. The normalized spacial score (nSPS) is 23.4. The number of amides is 1. The highest BCUT2D eigenvalue weighted by molar-refractivity contribution is 6.09. The number of carbonyl (C=O) groups excluding carboxylic acids is 1. The number of nitrogens with zero attached hydrogens (tertiary/aromatic N) is 4. The van der Waals surface area contributed by atoms with Gasteiger partial charge in [-0.3, -0.25) is 14.8 Å². The molecule has 3 heterocycles. The van der Waals surface area contributed by atoms with E-state index >= 15 is 0 Å². The first-order valence-corrected chi connectivity index (χ1v) is 10.2. The fourth-order valence-electron chi connectivity index (χ4n) is 4.68. The van der Waals surface area contributed by atoms with Gasteiger partial charge in [0, 0.05) is 43.3 Å². The van der Waals surface area contributed by atoms with Crippen molar-refractivity contribution in [2.75, 3.05) is 18.9 Å². The van der Waals surface area contributed by atoms with Crippen molar-refractivity contribution in [1.29, 1.82) is 0 Å². The smallest absolute Gasteiger partial charge is 0.365 e. The molecule has 2 bridgehead atoms. The molecule has 0 aromatic carbocycles. The Balaban J connectivity index is 1.54. The SMILES string of the molecule is CN=C(C)c1c(C)ccnc1C(=O)N1CC2CC(Nc3ccc(C(F)(F)F)cn3)C1C2. The van der Waals surface area contributed by atoms with E-state index in [1.165, 1.54) is 6.07 Å². The molecule has 1 amide bonds. The first kappa shape index (κ1) is 21.3. The summed E-state index contributed by atoms with van der Waals surface area (Å²) in [6.45, 7) is 4.44. The highest BCUT2D eigenvalue weighted by Crippen LogP contribution is 2.40. The molecule has 1 saturated carbocycles. The first-order valence-electron chi connectivity index (χ1n) is 10.2. The number of aromatic nitrogens is 2. The topological polar surface area (TPSA) is 70.5 Å². The van der Waals surface area contributed by atoms with E-state index in [-0.39, 0.29) is 18.0 Å². The minimum Gasteiger partial charge on any atom is -0.365 e. The number of anilines is 1. The molecular formula is C22H24F3N5O. The van der Waals surface area contributed by atoms with Gasteiger partial charge in [0.15, 0.2) is 0 Å². The summed E-state index contributed by atoms with van der Waals surface area (Å²) in [5.74, 6) is 0.581. The molecule has 164 valence electrons. The Kier molecular flexibility index (Phi) is 5.45. The summed E-state index contributed by atoms with van der Waals surface area (Å²) >= 11 is 0. The zero-order valence-corrected chi connectivity index (χ0v) is 17.6. The maximum Gasteiger partial charge on any atom is 0.417 e. The number of aliphatic imine (C=N–C) groups is 1. The van der Waals surface area contributed by atoms with Crippen LogP contribution in [0.25, 0.3) is 0 Å². The van der Waals surface area contributed by atoms with Crippen molar-refractivity contribution in [1.82, 2.24) is 14.9 Å². The number of likely N-dealkylation sites (tertiary alicyclic amines) is 1. The summed E-state index contributed by atoms with van der Waals surface area (Å²) in [6, 6.07) is 4.08. The van der Waals surface area contributed by atoms with E-state index in [1.54, 1.807) is 13.2 Å². The Morgan fingerprint density at radius 3 is 2.61 bits per heavy atom. The number of fused-ring (bicyclic) bond motifs is 2. The second-order valence-electron chi connectivity index (χ2n) is 8.20. The Bertz CT molecular complexity index is 1020. The Hall–Kier alpha value is -2.97. The lowest BCUT2D eigenvalue weighted by molar-refractivity contribution is -0.137. The van der Waals surface area contributed by atoms with E-state index in [9.17, 15) is 18.0 Å². The van der Waals surface area contributed by atoms with Gasteiger partial charge >= 0.3 is 6.18 Å². The van der Waals surface area contributed by atoms with Crippen molar-refractivity contribution in [3.05, 3.63) is 53.0 Å². The fourth-order valence-corrected chi connectivity index (χ4v) is 4.68. The van der Waals surface area contributed by atoms with Crippen molar-refractivity contribution >= 4 is 17.4 Å². The van der Waals surface area contributed by atoms with Crippen molar-refractivity contribution in [2.45, 2.75) is 44.9 Å². The van der Waals surface area contributed by atoms with Gasteiger partial charge < -0.3 is 10.2 Å². The van der Waals surface area contributed by atoms with Gasteiger partial charge in [-0.05, 0) is 56.4 Å². The van der Waals surface area contributed by atoms with Gasteiger partial charge in [0.2, 0.25) is 0 Å². The molecule has 6 nitrogen and oxygen atoms in total. The standard InChI is InChI=1S/C22H24F3N5O/c1-12-6-7-27-20(19(12)13(2)26-3)21(31)30-11-14-8-16(17(30)9-14)29-18-5-4-15(10-28-18)22(23,24)25/h4-7,10,14,16-17H,8-9,11H2,1-3H3,(H,28,29). The molecule has 3 atom stereocenters. The van der Waals surface area contributed by atoms with E-state index in [2.05, 4.69) is 20.3 Å². The summed E-state index contributed by atoms with van der Waals surface area (Å²) in [5, 5.41) is 3.23. The quantitative estimate of drug-likeness (QED) is 0.744. The number of alkyl halides is 3. The largest absolute Gasteiger partial charge is 0.417 e. The third-order valence-corrected chi connectivity index (χ3v) is 6.23. The Morgan fingerprint density at radius 2 is 2.00 bits per heavy atom. The van der Waals surface area contributed by atoms with E-state index in [4.69, 9.17) is 0 Å². The monoisotopic (exact) mass is 431 g/mol. The van der Waals surface area contributed by atoms with Gasteiger partial charge in [-0.25, -0.2) is 4.98 Å². The Labute approximate surface area is 178 Å². The molecule has 2 fully saturated rings. The van der Waals surface area contributed by atoms with E-state index < -0.39 is 11.7 Å². The highest BCUT2D eigenvalue weighted by Gasteiger charge is 2.47. The summed E-state index contributed by atoms with van der Waals surface area (Å²) in [7, 11) is 1.69. The molecule has 2 aromatic rings. The minimum atomic E-state index is -4.42. The molecule has 1 N–H and O–H groups in total. The average Bonchev–Trinajstić information content (AvgIpc) is 3.33. The lowest BCUT2D eigenvalue weighted by Gasteiger charge is -2.34. The predicted octanol–water partition coefficient (Wildman–Crippen LogP) is 3.96. The number of aryl methyl sites for hydroxylation is 1. The van der Waals surface area contributed by atoms with Gasteiger partial charge in [0.1, 0.15) is 11.5 Å². The molecule has 4 rings (SSSR count). The van der Waals surface area contributed by atoms with Crippen LogP contribution in [0.1, 0.15) is 46.9 Å². The molecule has 1 saturated heterocycles. The maximum atomic E-state index is 13.4. The van der Waals surface area contributed by atoms with Crippen LogP contribution in [0.3, 0.4) is 0 Å². The average molecular weight is 431 g/mol. The van der Waals surface area contributed by atoms with E-state index in [0.29, 0.717) is 24.0 Å². The van der Waals surface area contributed by atoms with Crippen molar-refractivity contribution in [3.8, 4) is 0 Å². The van der Waals surface area contributed by atoms with Crippen LogP contribution in [0.15, 0.2) is 35.6 Å². The summed E-state index contributed by atoms with van der Waals surface area (Å²) in [6.07, 6.45) is -0.258. The molecule has 2 aliphatic rings. The van der Waals surface area contributed by atoms with Gasteiger partial charge in [0.25, 0.3) is 5.91 Å². The zero-order valence-electron chi connectivity index (χ0n) is 17.6. The lowest BCUT2D eigenvalue weighted by atomic mass is 10.0.